The average Bonchev–Trinajstić information content (AvgIpc) is 2.98. The Bertz CT molecular complexity index is 1990. The molecule has 5 rings (SSSR count). The second kappa shape index (κ2) is 11.8. The summed E-state index contributed by atoms with van der Waals surface area (Å²) in [5.41, 5.74) is 2.95. The van der Waals surface area contributed by atoms with Gasteiger partial charge in [0, 0.05) is 28.9 Å². The van der Waals surface area contributed by atoms with E-state index in [2.05, 4.69) is 20.7 Å². The Morgan fingerprint density at radius 2 is 1.50 bits per heavy atom. The topological polar surface area (TPSA) is 123 Å². The van der Waals surface area contributed by atoms with E-state index in [1.54, 1.807) is 36.4 Å². The predicted molar refractivity (Wildman–Crippen MR) is 164 cm³/mol. The number of carbonyl (C=O) groups excluding carboxylic acids is 1. The number of hydrogen-bond donors (Lipinski definition) is 2. The number of nitrogens with one attached hydrogen (secondary N) is 1. The zero-order valence-corrected chi connectivity index (χ0v) is 24.8. The molecule has 0 unspecified atom stereocenters. The van der Waals surface area contributed by atoms with E-state index in [0.717, 1.165) is 15.6 Å². The molecule has 42 heavy (non-hydrogen) atoms. The van der Waals surface area contributed by atoms with Crippen LogP contribution in [0.15, 0.2) is 111 Å². The number of nitrogens with zero attached hydrogens (tertiary/aromatic N) is 1. The van der Waals surface area contributed by atoms with Crippen LogP contribution in [0.3, 0.4) is 0 Å². The molecule has 1 heterocycles. The number of aromatic nitrogens is 1. The Morgan fingerprint density at radius 1 is 0.857 bits per heavy atom. The first-order valence-electron chi connectivity index (χ1n) is 12.9. The number of ketones is 1. The van der Waals surface area contributed by atoms with Crippen LogP contribution in [-0.2, 0) is 23.1 Å². The number of benzene rings is 4. The molecule has 0 bridgehead atoms. The number of rotatable bonds is 9. The van der Waals surface area contributed by atoms with Crippen molar-refractivity contribution in [1.29, 1.82) is 0 Å². The zero-order chi connectivity index (χ0) is 30.0. The highest BCUT2D eigenvalue weighted by atomic mass is 79.9. The van der Waals surface area contributed by atoms with Gasteiger partial charge < -0.3 is 5.11 Å². The van der Waals surface area contributed by atoms with Crippen LogP contribution in [0.4, 0.5) is 0 Å². The van der Waals surface area contributed by atoms with Crippen molar-refractivity contribution in [3.63, 3.8) is 0 Å². The molecule has 0 aliphatic carbocycles. The fraction of sp³-hybridized carbons (Fsp3) is 0.0938. The van der Waals surface area contributed by atoms with Crippen LogP contribution in [0.2, 0.25) is 0 Å². The molecule has 0 saturated heterocycles. The van der Waals surface area contributed by atoms with Gasteiger partial charge in [-0.05, 0) is 64.5 Å². The Labute approximate surface area is 250 Å². The second-order valence-corrected chi connectivity index (χ2v) is 12.4. The lowest BCUT2D eigenvalue weighted by atomic mass is 9.95. The third-order valence-electron chi connectivity index (χ3n) is 6.87. The van der Waals surface area contributed by atoms with Crippen LogP contribution in [0.5, 0.6) is 0 Å². The van der Waals surface area contributed by atoms with Crippen molar-refractivity contribution in [3.8, 4) is 11.1 Å². The number of pyridine rings is 1. The smallest absolute Gasteiger partial charge is 0.335 e. The van der Waals surface area contributed by atoms with Crippen LogP contribution < -0.4 is 10.3 Å². The van der Waals surface area contributed by atoms with Crippen LogP contribution in [0, 0.1) is 0 Å². The summed E-state index contributed by atoms with van der Waals surface area (Å²) >= 11 is 3.49. The van der Waals surface area contributed by atoms with E-state index >= 15 is 0 Å². The first-order valence-corrected chi connectivity index (χ1v) is 15.2. The quantitative estimate of drug-likeness (QED) is 0.194. The largest absolute Gasteiger partial charge is 0.478 e. The predicted octanol–water partition coefficient (Wildman–Crippen LogP) is 5.86. The molecule has 0 aliphatic heterocycles. The first kappa shape index (κ1) is 29.1. The van der Waals surface area contributed by atoms with Gasteiger partial charge in [-0.3, -0.25) is 14.2 Å². The zero-order valence-electron chi connectivity index (χ0n) is 22.4. The van der Waals surface area contributed by atoms with Gasteiger partial charge in [0.1, 0.15) is 0 Å². The second-order valence-electron chi connectivity index (χ2n) is 9.70. The molecule has 0 saturated carbocycles. The molecule has 212 valence electrons. The van der Waals surface area contributed by atoms with E-state index in [9.17, 15) is 22.8 Å². The Morgan fingerprint density at radius 3 is 2.12 bits per heavy atom. The van der Waals surface area contributed by atoms with E-state index < -0.39 is 16.0 Å². The van der Waals surface area contributed by atoms with Crippen LogP contribution in [0.25, 0.3) is 21.9 Å². The van der Waals surface area contributed by atoms with Crippen molar-refractivity contribution in [1.82, 2.24) is 9.29 Å². The number of Topliss-reactive ketones (excluding diaryl/α,β-unsaturated/α-hetero) is 1. The van der Waals surface area contributed by atoms with Crippen LogP contribution >= 0.6 is 15.9 Å². The summed E-state index contributed by atoms with van der Waals surface area (Å²) in [7, 11) is -3.86. The molecule has 8 nitrogen and oxygen atoms in total. The van der Waals surface area contributed by atoms with Gasteiger partial charge in [-0.25, -0.2) is 17.9 Å². The lowest BCUT2D eigenvalue weighted by molar-refractivity contribution is 0.0696. The molecule has 0 spiro atoms. The minimum atomic E-state index is -3.86. The summed E-state index contributed by atoms with van der Waals surface area (Å²) in [5, 5.41) is 10.2. The molecule has 0 atom stereocenters. The highest BCUT2D eigenvalue weighted by Gasteiger charge is 2.22. The molecular weight excluding hydrogens is 620 g/mol. The standard InChI is InChI=1S/C32H25BrN2O6S/c1-20(36)30-29(23-5-3-2-4-6-23)28-17-25(33)13-16-27(28)31(37)35(30)19-22-9-7-21(8-10-22)18-34-42(40,41)26-14-11-24(12-15-26)32(38)39/h2-17,34H,18-19H2,1H3,(H,38,39). The molecule has 0 amide bonds. The third-order valence-corrected chi connectivity index (χ3v) is 8.78. The highest BCUT2D eigenvalue weighted by molar-refractivity contribution is 9.10. The Kier molecular flexibility index (Phi) is 8.22. The van der Waals surface area contributed by atoms with Gasteiger partial charge in [-0.1, -0.05) is 70.5 Å². The number of carboxylic acid groups (broad SMARTS) is 1. The normalized spacial score (nSPS) is 11.5. The summed E-state index contributed by atoms with van der Waals surface area (Å²) in [6, 6.07) is 26.9. The molecule has 10 heteroatoms. The third kappa shape index (κ3) is 5.96. The van der Waals surface area contributed by atoms with E-state index in [4.69, 9.17) is 5.11 Å². The number of fused-ring (bicyclic) bond motifs is 1. The first-order chi connectivity index (χ1) is 20.0. The number of halogens is 1. The van der Waals surface area contributed by atoms with E-state index in [-0.39, 0.29) is 34.9 Å². The maximum absolute atomic E-state index is 13.7. The van der Waals surface area contributed by atoms with Gasteiger partial charge in [0.2, 0.25) is 10.0 Å². The molecular formula is C32H25BrN2O6S. The van der Waals surface area contributed by atoms with E-state index in [1.807, 2.05) is 36.4 Å². The van der Waals surface area contributed by atoms with E-state index in [0.29, 0.717) is 27.6 Å². The lowest BCUT2D eigenvalue weighted by Crippen LogP contribution is -2.27. The summed E-state index contributed by atoms with van der Waals surface area (Å²) in [6.07, 6.45) is 0. The monoisotopic (exact) mass is 644 g/mol. The number of carbonyl (C=O) groups is 2. The van der Waals surface area contributed by atoms with Gasteiger partial charge in [0.15, 0.2) is 5.78 Å². The Hall–Kier alpha value is -4.38. The van der Waals surface area contributed by atoms with Gasteiger partial charge >= 0.3 is 5.97 Å². The van der Waals surface area contributed by atoms with E-state index in [1.165, 1.54) is 35.8 Å². The average molecular weight is 646 g/mol. The van der Waals surface area contributed by atoms with Crippen molar-refractivity contribution >= 4 is 48.5 Å². The molecule has 0 fully saturated rings. The molecule has 2 N–H and O–H groups in total. The SMILES string of the molecule is CC(=O)c1c(-c2ccccc2)c2cc(Br)ccc2c(=O)n1Cc1ccc(CNS(=O)(=O)c2ccc(C(=O)O)cc2)cc1. The van der Waals surface area contributed by atoms with Crippen molar-refractivity contribution < 1.29 is 23.1 Å². The lowest BCUT2D eigenvalue weighted by Gasteiger charge is -2.19. The van der Waals surface area contributed by atoms with Crippen molar-refractivity contribution in [2.45, 2.75) is 24.9 Å². The van der Waals surface area contributed by atoms with Crippen LogP contribution in [-0.4, -0.2) is 29.8 Å². The number of aromatic carboxylic acids is 1. The summed E-state index contributed by atoms with van der Waals surface area (Å²) < 4.78 is 30.2. The van der Waals surface area contributed by atoms with Gasteiger partial charge in [0.25, 0.3) is 5.56 Å². The van der Waals surface area contributed by atoms with Crippen molar-refractivity contribution in [2.75, 3.05) is 0 Å². The van der Waals surface area contributed by atoms with Crippen molar-refractivity contribution in [2.24, 2.45) is 0 Å². The Balaban J connectivity index is 1.45. The maximum atomic E-state index is 13.7. The molecule has 0 radical (unpaired) electrons. The maximum Gasteiger partial charge on any atom is 0.335 e. The summed E-state index contributed by atoms with van der Waals surface area (Å²) in [6.45, 7) is 1.60. The minimum Gasteiger partial charge on any atom is -0.478 e. The summed E-state index contributed by atoms with van der Waals surface area (Å²) in [4.78, 5) is 37.8. The van der Waals surface area contributed by atoms with Crippen LogP contribution in [0.1, 0.15) is 38.9 Å². The number of sulfonamides is 1. The molecule has 1 aromatic heterocycles. The molecule has 5 aromatic rings. The fourth-order valence-corrected chi connectivity index (χ4v) is 6.20. The van der Waals surface area contributed by atoms with Gasteiger partial charge in [-0.15, -0.1) is 0 Å². The molecule has 0 aliphatic rings. The summed E-state index contributed by atoms with van der Waals surface area (Å²) in [5.74, 6) is -1.38. The fourth-order valence-electron chi connectivity index (χ4n) is 4.82. The number of carboxylic acids is 1. The highest BCUT2D eigenvalue weighted by Crippen LogP contribution is 2.33. The van der Waals surface area contributed by atoms with Gasteiger partial charge in [0.05, 0.1) is 22.7 Å². The molecule has 4 aromatic carbocycles. The van der Waals surface area contributed by atoms with Gasteiger partial charge in [-0.2, -0.15) is 0 Å². The minimum absolute atomic E-state index is 0.00491. The van der Waals surface area contributed by atoms with Crippen molar-refractivity contribution in [3.05, 3.63) is 134 Å². The number of hydrogen-bond acceptors (Lipinski definition) is 5.